The van der Waals surface area contributed by atoms with E-state index in [-0.39, 0.29) is 12.1 Å². The number of carbonyl (C=O) groups is 1. The van der Waals surface area contributed by atoms with Gasteiger partial charge in [0.25, 0.3) is 0 Å². The maximum absolute atomic E-state index is 12.4. The Labute approximate surface area is 237 Å². The molecule has 0 aliphatic rings. The van der Waals surface area contributed by atoms with E-state index < -0.39 is 0 Å². The Kier molecular flexibility index (Phi) is 13.7. The molecule has 1 atom stereocenters. The molecule has 0 bridgehead atoms. The van der Waals surface area contributed by atoms with Gasteiger partial charge in [-0.25, -0.2) is 0 Å². The highest BCUT2D eigenvalue weighted by atomic mass is 16.5. The van der Waals surface area contributed by atoms with Crippen LogP contribution in [0, 0.1) is 0 Å². The Morgan fingerprint density at radius 1 is 0.641 bits per heavy atom. The molecule has 1 unspecified atom stereocenters. The Hall–Kier alpha value is -3.07. The monoisotopic (exact) mass is 528 g/mol. The van der Waals surface area contributed by atoms with Crippen molar-refractivity contribution in [2.24, 2.45) is 0 Å². The topological polar surface area (TPSA) is 35.5 Å². The first-order chi connectivity index (χ1) is 19.1. The van der Waals surface area contributed by atoms with Crippen molar-refractivity contribution in [1.82, 2.24) is 0 Å². The molecule has 0 aliphatic heterocycles. The fourth-order valence-electron chi connectivity index (χ4n) is 4.95. The summed E-state index contributed by atoms with van der Waals surface area (Å²) in [6, 6.07) is 25.2. The van der Waals surface area contributed by atoms with Gasteiger partial charge in [0.05, 0.1) is 6.61 Å². The van der Waals surface area contributed by atoms with Crippen molar-refractivity contribution >= 4 is 5.97 Å². The normalized spacial score (nSPS) is 11.8. The van der Waals surface area contributed by atoms with Gasteiger partial charge in [-0.1, -0.05) is 132 Å². The van der Waals surface area contributed by atoms with E-state index in [9.17, 15) is 4.79 Å². The SMILES string of the molecule is CCCCCCCCCCCCC(=O)OC(C)c1ccc(-c2ccccc2-c2ccc(OCCC)cc2)cc1. The third kappa shape index (κ3) is 10.5. The quantitative estimate of drug-likeness (QED) is 0.122. The summed E-state index contributed by atoms with van der Waals surface area (Å²) in [5.41, 5.74) is 5.68. The number of hydrogen-bond acceptors (Lipinski definition) is 3. The van der Waals surface area contributed by atoms with Crippen molar-refractivity contribution in [2.75, 3.05) is 6.61 Å². The minimum atomic E-state index is -0.249. The number of esters is 1. The molecule has 39 heavy (non-hydrogen) atoms. The minimum Gasteiger partial charge on any atom is -0.494 e. The van der Waals surface area contributed by atoms with E-state index in [1.54, 1.807) is 0 Å². The Balaban J connectivity index is 1.47. The lowest BCUT2D eigenvalue weighted by molar-refractivity contribution is -0.148. The summed E-state index contributed by atoms with van der Waals surface area (Å²) in [6.45, 7) is 7.06. The van der Waals surface area contributed by atoms with Crippen LogP contribution in [0.1, 0.15) is 109 Å². The lowest BCUT2D eigenvalue weighted by Gasteiger charge is -2.15. The molecule has 0 radical (unpaired) electrons. The zero-order valence-corrected chi connectivity index (χ0v) is 24.4. The van der Waals surface area contributed by atoms with Gasteiger partial charge >= 0.3 is 5.97 Å². The van der Waals surface area contributed by atoms with E-state index >= 15 is 0 Å². The summed E-state index contributed by atoms with van der Waals surface area (Å²) in [5.74, 6) is 0.807. The van der Waals surface area contributed by atoms with Crippen LogP contribution in [0.3, 0.4) is 0 Å². The Morgan fingerprint density at radius 3 is 1.69 bits per heavy atom. The molecule has 0 aromatic heterocycles. The fraction of sp³-hybridized carbons (Fsp3) is 0.472. The first kappa shape index (κ1) is 30.5. The zero-order valence-electron chi connectivity index (χ0n) is 24.4. The number of ether oxygens (including phenoxy) is 2. The van der Waals surface area contributed by atoms with Crippen LogP contribution in [-0.4, -0.2) is 12.6 Å². The lowest BCUT2D eigenvalue weighted by Crippen LogP contribution is -2.08. The molecular formula is C36H48O3. The maximum atomic E-state index is 12.4. The predicted molar refractivity (Wildman–Crippen MR) is 164 cm³/mol. The molecule has 0 saturated heterocycles. The van der Waals surface area contributed by atoms with Gasteiger partial charge in [0.15, 0.2) is 0 Å². The lowest BCUT2D eigenvalue weighted by atomic mass is 9.94. The molecule has 0 spiro atoms. The van der Waals surface area contributed by atoms with Gasteiger partial charge in [-0.3, -0.25) is 4.79 Å². The maximum Gasteiger partial charge on any atom is 0.306 e. The molecule has 3 rings (SSSR count). The second-order valence-corrected chi connectivity index (χ2v) is 10.6. The van der Waals surface area contributed by atoms with Crippen molar-refractivity contribution in [3.05, 3.63) is 78.4 Å². The van der Waals surface area contributed by atoms with Crippen molar-refractivity contribution in [3.8, 4) is 28.0 Å². The second kappa shape index (κ2) is 17.5. The smallest absolute Gasteiger partial charge is 0.306 e. The van der Waals surface area contributed by atoms with Crippen LogP contribution >= 0.6 is 0 Å². The van der Waals surface area contributed by atoms with Crippen molar-refractivity contribution < 1.29 is 14.3 Å². The van der Waals surface area contributed by atoms with Crippen LogP contribution in [-0.2, 0) is 9.53 Å². The summed E-state index contributed by atoms with van der Waals surface area (Å²) >= 11 is 0. The van der Waals surface area contributed by atoms with E-state index in [1.807, 2.05) is 19.1 Å². The molecule has 0 saturated carbocycles. The first-order valence-corrected chi connectivity index (χ1v) is 15.2. The third-order valence-corrected chi connectivity index (χ3v) is 7.30. The Morgan fingerprint density at radius 2 is 1.15 bits per heavy atom. The van der Waals surface area contributed by atoms with Gasteiger partial charge in [0, 0.05) is 6.42 Å². The number of unbranched alkanes of at least 4 members (excludes halogenated alkanes) is 9. The standard InChI is InChI=1S/C36H48O3/c1-4-6-7-8-9-10-11-12-13-14-19-36(37)39-29(3)30-20-22-31(23-21-30)34-17-15-16-18-35(34)32-24-26-33(27-25-32)38-28-5-2/h15-18,20-27,29H,4-14,19,28H2,1-3H3. The molecule has 3 aromatic carbocycles. The molecule has 0 aliphatic carbocycles. The van der Waals surface area contributed by atoms with Crippen molar-refractivity contribution in [3.63, 3.8) is 0 Å². The van der Waals surface area contributed by atoms with E-state index in [2.05, 4.69) is 74.5 Å². The van der Waals surface area contributed by atoms with E-state index in [0.717, 1.165) is 48.3 Å². The molecule has 3 nitrogen and oxygen atoms in total. The van der Waals surface area contributed by atoms with Crippen LogP contribution in [0.2, 0.25) is 0 Å². The minimum absolute atomic E-state index is 0.0946. The van der Waals surface area contributed by atoms with Gasteiger partial charge < -0.3 is 9.47 Å². The highest BCUT2D eigenvalue weighted by Gasteiger charge is 2.13. The number of benzene rings is 3. The molecule has 3 heteroatoms. The van der Waals surface area contributed by atoms with Crippen LogP contribution in [0.4, 0.5) is 0 Å². The average Bonchev–Trinajstić information content (AvgIpc) is 2.97. The molecule has 210 valence electrons. The first-order valence-electron chi connectivity index (χ1n) is 15.2. The summed E-state index contributed by atoms with van der Waals surface area (Å²) in [5, 5.41) is 0. The van der Waals surface area contributed by atoms with Gasteiger partial charge in [-0.15, -0.1) is 0 Å². The number of hydrogen-bond donors (Lipinski definition) is 0. The largest absolute Gasteiger partial charge is 0.494 e. The molecular weight excluding hydrogens is 480 g/mol. The van der Waals surface area contributed by atoms with Gasteiger partial charge in [-0.2, -0.15) is 0 Å². The molecule has 3 aromatic rings. The predicted octanol–water partition coefficient (Wildman–Crippen LogP) is 10.7. The zero-order chi connectivity index (χ0) is 27.7. The van der Waals surface area contributed by atoms with Crippen LogP contribution in [0.5, 0.6) is 5.75 Å². The van der Waals surface area contributed by atoms with Crippen molar-refractivity contribution in [1.29, 1.82) is 0 Å². The highest BCUT2D eigenvalue weighted by Crippen LogP contribution is 2.33. The second-order valence-electron chi connectivity index (χ2n) is 10.6. The van der Waals surface area contributed by atoms with Gasteiger partial charge in [0.1, 0.15) is 11.9 Å². The third-order valence-electron chi connectivity index (χ3n) is 7.30. The van der Waals surface area contributed by atoms with Crippen LogP contribution in [0.25, 0.3) is 22.3 Å². The van der Waals surface area contributed by atoms with E-state index in [1.165, 1.54) is 62.5 Å². The molecule has 0 fully saturated rings. The molecule has 0 N–H and O–H groups in total. The van der Waals surface area contributed by atoms with E-state index in [0.29, 0.717) is 6.42 Å². The average molecular weight is 529 g/mol. The van der Waals surface area contributed by atoms with Crippen molar-refractivity contribution in [2.45, 2.75) is 104 Å². The van der Waals surface area contributed by atoms with Gasteiger partial charge in [-0.05, 0) is 59.7 Å². The van der Waals surface area contributed by atoms with Crippen LogP contribution < -0.4 is 4.74 Å². The van der Waals surface area contributed by atoms with E-state index in [4.69, 9.17) is 9.47 Å². The number of rotatable bonds is 18. The Bertz CT molecular complexity index is 1090. The fourth-order valence-corrected chi connectivity index (χ4v) is 4.95. The highest BCUT2D eigenvalue weighted by molar-refractivity contribution is 5.83. The summed E-state index contributed by atoms with van der Waals surface area (Å²) < 4.78 is 11.5. The molecule has 0 amide bonds. The summed E-state index contributed by atoms with van der Waals surface area (Å²) in [4.78, 5) is 12.4. The van der Waals surface area contributed by atoms with Gasteiger partial charge in [0.2, 0.25) is 0 Å². The number of carbonyl (C=O) groups excluding carboxylic acids is 1. The molecule has 0 heterocycles. The van der Waals surface area contributed by atoms with Crippen LogP contribution in [0.15, 0.2) is 72.8 Å². The summed E-state index contributed by atoms with van der Waals surface area (Å²) in [6.07, 6.45) is 13.9. The summed E-state index contributed by atoms with van der Waals surface area (Å²) in [7, 11) is 0.